The first-order valence-electron chi connectivity index (χ1n) is 4.90. The molecule has 1 aromatic rings. The van der Waals surface area contributed by atoms with Crippen LogP contribution in [0, 0.1) is 0 Å². The molecule has 0 aliphatic heterocycles. The summed E-state index contributed by atoms with van der Waals surface area (Å²) in [4.78, 5) is 11.0. The fourth-order valence-electron chi connectivity index (χ4n) is 1.26. The third-order valence-electron chi connectivity index (χ3n) is 2.11. The van der Waals surface area contributed by atoms with Gasteiger partial charge in [-0.3, -0.25) is 4.79 Å². The Balaban J connectivity index is 3.36. The molecule has 1 aromatic carbocycles. The molecular weight excluding hydrogens is 380 g/mol. The molecule has 0 atom stereocenters. The van der Waals surface area contributed by atoms with Crippen LogP contribution in [0.5, 0.6) is 0 Å². The molecule has 0 unspecified atom stereocenters. The Hall–Kier alpha value is -0.740. The standard InChI is InChI=1S/C9H6Cl3F3N2O3S/c10-3-1-4(21(16,19)20)7(12)5(6(3)11)8(18)17-2-9(13,14)15/h1H,2H2,(H,17,18)(H2,16,19,20). The van der Waals surface area contributed by atoms with Gasteiger partial charge in [-0.15, -0.1) is 0 Å². The molecule has 1 amide bonds. The van der Waals surface area contributed by atoms with Gasteiger partial charge in [0.1, 0.15) is 11.4 Å². The van der Waals surface area contributed by atoms with Crippen LogP contribution in [0.1, 0.15) is 10.4 Å². The Morgan fingerprint density at radius 2 is 1.76 bits per heavy atom. The quantitative estimate of drug-likeness (QED) is 0.784. The monoisotopic (exact) mass is 384 g/mol. The van der Waals surface area contributed by atoms with Crippen molar-refractivity contribution in [3.05, 3.63) is 26.7 Å². The number of benzene rings is 1. The molecule has 1 rings (SSSR count). The predicted molar refractivity (Wildman–Crippen MR) is 71.2 cm³/mol. The molecule has 5 nitrogen and oxygen atoms in total. The van der Waals surface area contributed by atoms with Crippen molar-refractivity contribution < 1.29 is 26.4 Å². The Morgan fingerprint density at radius 1 is 1.24 bits per heavy atom. The van der Waals surface area contributed by atoms with E-state index in [1.807, 2.05) is 0 Å². The molecule has 0 saturated heterocycles. The number of halogens is 6. The van der Waals surface area contributed by atoms with E-state index >= 15 is 0 Å². The molecular formula is C9H6Cl3F3N2O3S. The summed E-state index contributed by atoms with van der Waals surface area (Å²) in [6.07, 6.45) is -4.67. The van der Waals surface area contributed by atoms with E-state index in [9.17, 15) is 26.4 Å². The highest BCUT2D eigenvalue weighted by molar-refractivity contribution is 7.89. The Morgan fingerprint density at radius 3 is 2.19 bits per heavy atom. The van der Waals surface area contributed by atoms with Gasteiger partial charge in [-0.25, -0.2) is 13.6 Å². The Bertz CT molecular complexity index is 692. The van der Waals surface area contributed by atoms with E-state index in [0.29, 0.717) is 0 Å². The van der Waals surface area contributed by atoms with Crippen molar-refractivity contribution in [2.45, 2.75) is 11.1 Å². The number of carbonyl (C=O) groups is 1. The van der Waals surface area contributed by atoms with E-state index in [2.05, 4.69) is 0 Å². The van der Waals surface area contributed by atoms with Gasteiger partial charge in [0.15, 0.2) is 0 Å². The first kappa shape index (κ1) is 18.3. The van der Waals surface area contributed by atoms with Crippen LogP contribution in [-0.2, 0) is 10.0 Å². The summed E-state index contributed by atoms with van der Waals surface area (Å²) < 4.78 is 58.8. The van der Waals surface area contributed by atoms with E-state index in [0.717, 1.165) is 6.07 Å². The van der Waals surface area contributed by atoms with Gasteiger partial charge in [0.05, 0.1) is 20.6 Å². The van der Waals surface area contributed by atoms with Crippen molar-refractivity contribution in [3.8, 4) is 0 Å². The van der Waals surface area contributed by atoms with Crippen LogP contribution < -0.4 is 10.5 Å². The van der Waals surface area contributed by atoms with Crippen LogP contribution >= 0.6 is 34.8 Å². The summed E-state index contributed by atoms with van der Waals surface area (Å²) in [6.45, 7) is -1.66. The van der Waals surface area contributed by atoms with Crippen LogP contribution in [0.2, 0.25) is 15.1 Å². The van der Waals surface area contributed by atoms with Gasteiger partial charge in [-0.2, -0.15) is 13.2 Å². The van der Waals surface area contributed by atoms with Gasteiger partial charge in [0, 0.05) is 0 Å². The normalized spacial score (nSPS) is 12.3. The van der Waals surface area contributed by atoms with Gasteiger partial charge in [-0.1, -0.05) is 34.8 Å². The van der Waals surface area contributed by atoms with Crippen LogP contribution in [0.25, 0.3) is 0 Å². The van der Waals surface area contributed by atoms with E-state index in [-0.39, 0.29) is 0 Å². The van der Waals surface area contributed by atoms with Crippen LogP contribution in [0.4, 0.5) is 13.2 Å². The van der Waals surface area contributed by atoms with Gasteiger partial charge in [0.25, 0.3) is 5.91 Å². The van der Waals surface area contributed by atoms with Crippen LogP contribution in [0.15, 0.2) is 11.0 Å². The number of primary sulfonamides is 1. The van der Waals surface area contributed by atoms with Crippen LogP contribution in [0.3, 0.4) is 0 Å². The van der Waals surface area contributed by atoms with E-state index in [1.54, 1.807) is 0 Å². The largest absolute Gasteiger partial charge is 0.405 e. The van der Waals surface area contributed by atoms with Crippen molar-refractivity contribution in [1.82, 2.24) is 5.32 Å². The highest BCUT2D eigenvalue weighted by Crippen LogP contribution is 2.36. The summed E-state index contributed by atoms with van der Waals surface area (Å²) in [5, 5.41) is 4.75. The number of rotatable bonds is 3. The maximum atomic E-state index is 12.1. The molecule has 0 aliphatic rings. The zero-order valence-electron chi connectivity index (χ0n) is 9.76. The number of nitrogens with two attached hydrogens (primary N) is 1. The van der Waals surface area contributed by atoms with E-state index in [1.165, 1.54) is 5.32 Å². The second-order valence-electron chi connectivity index (χ2n) is 3.70. The average molecular weight is 386 g/mol. The van der Waals surface area contributed by atoms with Crippen molar-refractivity contribution in [2.75, 3.05) is 6.54 Å². The molecule has 118 valence electrons. The zero-order valence-corrected chi connectivity index (χ0v) is 12.8. The van der Waals surface area contributed by atoms with Gasteiger partial charge < -0.3 is 5.32 Å². The number of nitrogens with one attached hydrogen (secondary N) is 1. The highest BCUT2D eigenvalue weighted by Gasteiger charge is 2.30. The summed E-state index contributed by atoms with van der Waals surface area (Å²) >= 11 is 17.0. The Labute approximate surface area is 132 Å². The van der Waals surface area contributed by atoms with Crippen molar-refractivity contribution in [3.63, 3.8) is 0 Å². The summed E-state index contributed by atoms with van der Waals surface area (Å²) in [7, 11) is -4.35. The molecule has 0 radical (unpaired) electrons. The molecule has 0 heterocycles. The predicted octanol–water partition coefficient (Wildman–Crippen LogP) is 2.59. The lowest BCUT2D eigenvalue weighted by Crippen LogP contribution is -2.34. The number of alkyl halides is 3. The molecule has 3 N–H and O–H groups in total. The number of amides is 1. The minimum absolute atomic E-state index is 0.401. The van der Waals surface area contributed by atoms with E-state index in [4.69, 9.17) is 39.9 Å². The zero-order chi connectivity index (χ0) is 16.6. The summed E-state index contributed by atoms with van der Waals surface area (Å²) in [5.41, 5.74) is -0.709. The molecule has 12 heteroatoms. The van der Waals surface area contributed by atoms with Gasteiger partial charge in [-0.05, 0) is 6.07 Å². The topological polar surface area (TPSA) is 89.3 Å². The number of carbonyl (C=O) groups excluding carboxylic acids is 1. The number of hydrogen-bond acceptors (Lipinski definition) is 3. The SMILES string of the molecule is NS(=O)(=O)c1cc(Cl)c(Cl)c(C(=O)NCC(F)(F)F)c1Cl. The van der Waals surface area contributed by atoms with Crippen molar-refractivity contribution in [1.29, 1.82) is 0 Å². The van der Waals surface area contributed by atoms with Crippen molar-refractivity contribution >= 4 is 50.7 Å². The molecule has 0 spiro atoms. The minimum atomic E-state index is -4.67. The van der Waals surface area contributed by atoms with Crippen LogP contribution in [-0.4, -0.2) is 27.0 Å². The molecule has 0 saturated carbocycles. The third-order valence-corrected chi connectivity index (χ3v) is 4.33. The fourth-order valence-corrected chi connectivity index (χ4v) is 3.00. The van der Waals surface area contributed by atoms with Gasteiger partial charge >= 0.3 is 6.18 Å². The number of hydrogen-bond donors (Lipinski definition) is 2. The average Bonchev–Trinajstić information content (AvgIpc) is 2.29. The maximum absolute atomic E-state index is 12.1. The van der Waals surface area contributed by atoms with E-state index < -0.39 is 54.2 Å². The lowest BCUT2D eigenvalue weighted by Gasteiger charge is -2.13. The second kappa shape index (κ2) is 6.17. The second-order valence-corrected chi connectivity index (χ2v) is 6.40. The molecule has 21 heavy (non-hydrogen) atoms. The third kappa shape index (κ3) is 4.62. The molecule has 0 aliphatic carbocycles. The molecule has 0 aromatic heterocycles. The van der Waals surface area contributed by atoms with Gasteiger partial charge in [0.2, 0.25) is 10.0 Å². The first-order valence-corrected chi connectivity index (χ1v) is 7.58. The maximum Gasteiger partial charge on any atom is 0.405 e. The fraction of sp³-hybridized carbons (Fsp3) is 0.222. The highest BCUT2D eigenvalue weighted by atomic mass is 35.5. The first-order chi connectivity index (χ1) is 9.34. The summed E-state index contributed by atoms with van der Waals surface area (Å²) in [5.74, 6) is -1.34. The molecule has 0 bridgehead atoms. The Kier molecular flexibility index (Phi) is 5.38. The van der Waals surface area contributed by atoms with Crippen molar-refractivity contribution in [2.24, 2.45) is 5.14 Å². The number of sulfonamides is 1. The summed E-state index contributed by atoms with van der Waals surface area (Å²) in [6, 6.07) is 0.794. The molecule has 0 fully saturated rings. The lowest BCUT2D eigenvalue weighted by molar-refractivity contribution is -0.123. The minimum Gasteiger partial charge on any atom is -0.343 e. The smallest absolute Gasteiger partial charge is 0.343 e. The lowest BCUT2D eigenvalue weighted by atomic mass is 10.2.